The molecule has 0 saturated carbocycles. The van der Waals surface area contributed by atoms with E-state index in [1.807, 2.05) is 0 Å². The number of aliphatic hydroxyl groups is 1. The molecule has 2 aromatic rings. The molecule has 0 unspecified atom stereocenters. The van der Waals surface area contributed by atoms with E-state index in [2.05, 4.69) is 20.9 Å². The van der Waals surface area contributed by atoms with Crippen LogP contribution in [0.4, 0.5) is 4.39 Å². The van der Waals surface area contributed by atoms with Crippen LogP contribution < -0.4 is 4.74 Å². The molecule has 2 rings (SSSR count). The highest BCUT2D eigenvalue weighted by Crippen LogP contribution is 2.33. The van der Waals surface area contributed by atoms with Gasteiger partial charge in [0.1, 0.15) is 5.15 Å². The molecular formula is C10H6BrClFNO2S. The van der Waals surface area contributed by atoms with Gasteiger partial charge < -0.3 is 9.84 Å². The van der Waals surface area contributed by atoms with Crippen LogP contribution in [0.25, 0.3) is 0 Å². The van der Waals surface area contributed by atoms with E-state index in [4.69, 9.17) is 21.4 Å². The predicted molar refractivity (Wildman–Crippen MR) is 67.2 cm³/mol. The Bertz CT molecular complexity index is 549. The van der Waals surface area contributed by atoms with Gasteiger partial charge in [-0.25, -0.2) is 4.39 Å². The molecule has 0 amide bonds. The lowest BCUT2D eigenvalue weighted by Crippen LogP contribution is -1.87. The highest BCUT2D eigenvalue weighted by molar-refractivity contribution is 9.10. The van der Waals surface area contributed by atoms with Crippen LogP contribution in [-0.4, -0.2) is 10.1 Å². The Balaban J connectivity index is 2.25. The average molecular weight is 339 g/mol. The van der Waals surface area contributed by atoms with Gasteiger partial charge in [-0.2, -0.15) is 4.98 Å². The van der Waals surface area contributed by atoms with Crippen LogP contribution in [0.1, 0.15) is 4.88 Å². The maximum Gasteiger partial charge on any atom is 0.280 e. The standard InChI is InChI=1S/C10H6BrClFNO2S/c11-5-1-2-7(6(13)3-5)16-10-14-9(12)8(4-15)17-10/h1-3,15H,4H2. The van der Waals surface area contributed by atoms with Crippen molar-refractivity contribution in [1.82, 2.24) is 4.98 Å². The minimum Gasteiger partial charge on any atom is -0.428 e. The van der Waals surface area contributed by atoms with Gasteiger partial charge >= 0.3 is 0 Å². The predicted octanol–water partition coefficient (Wildman–Crippen LogP) is 3.98. The van der Waals surface area contributed by atoms with Crippen LogP contribution in [0.2, 0.25) is 5.15 Å². The lowest BCUT2D eigenvalue weighted by Gasteiger charge is -2.02. The monoisotopic (exact) mass is 337 g/mol. The van der Waals surface area contributed by atoms with E-state index >= 15 is 0 Å². The molecule has 0 aliphatic heterocycles. The molecule has 3 nitrogen and oxygen atoms in total. The van der Waals surface area contributed by atoms with Crippen LogP contribution >= 0.6 is 38.9 Å². The number of hydrogen-bond acceptors (Lipinski definition) is 4. The van der Waals surface area contributed by atoms with Crippen molar-refractivity contribution >= 4 is 38.9 Å². The molecule has 0 bridgehead atoms. The van der Waals surface area contributed by atoms with Crippen LogP contribution in [-0.2, 0) is 6.61 Å². The van der Waals surface area contributed by atoms with Crippen molar-refractivity contribution in [1.29, 1.82) is 0 Å². The van der Waals surface area contributed by atoms with E-state index in [1.165, 1.54) is 12.1 Å². The summed E-state index contributed by atoms with van der Waals surface area (Å²) in [6.45, 7) is -0.220. The fourth-order valence-corrected chi connectivity index (χ4v) is 2.42. The van der Waals surface area contributed by atoms with E-state index in [-0.39, 0.29) is 22.7 Å². The summed E-state index contributed by atoms with van der Waals surface area (Å²) in [5.41, 5.74) is 0. The van der Waals surface area contributed by atoms with Gasteiger partial charge in [0, 0.05) is 4.47 Å². The zero-order valence-corrected chi connectivity index (χ0v) is 11.4. The smallest absolute Gasteiger partial charge is 0.280 e. The Kier molecular flexibility index (Phi) is 3.98. The second kappa shape index (κ2) is 5.30. The molecule has 0 aliphatic carbocycles. The quantitative estimate of drug-likeness (QED) is 0.920. The minimum atomic E-state index is -0.503. The third kappa shape index (κ3) is 2.95. The van der Waals surface area contributed by atoms with Crippen molar-refractivity contribution in [3.8, 4) is 10.9 Å². The summed E-state index contributed by atoms with van der Waals surface area (Å²) in [6, 6.07) is 4.42. The minimum absolute atomic E-state index is 0.0584. The third-order valence-corrected chi connectivity index (χ3v) is 3.70. The molecule has 90 valence electrons. The van der Waals surface area contributed by atoms with E-state index in [9.17, 15) is 4.39 Å². The van der Waals surface area contributed by atoms with E-state index in [0.29, 0.717) is 9.35 Å². The number of halogens is 3. The van der Waals surface area contributed by atoms with Gasteiger partial charge in [-0.3, -0.25) is 0 Å². The summed E-state index contributed by atoms with van der Waals surface area (Å²) >= 11 is 9.95. The molecule has 1 N–H and O–H groups in total. The number of aromatic nitrogens is 1. The summed E-state index contributed by atoms with van der Waals surface area (Å²) in [6.07, 6.45) is 0. The molecule has 1 heterocycles. The summed E-state index contributed by atoms with van der Waals surface area (Å²) in [7, 11) is 0. The molecule has 1 aromatic heterocycles. The Labute approximate surface area is 114 Å². The van der Waals surface area contributed by atoms with E-state index in [1.54, 1.807) is 6.07 Å². The van der Waals surface area contributed by atoms with Gasteiger partial charge in [0.15, 0.2) is 11.6 Å². The number of nitrogens with zero attached hydrogens (tertiary/aromatic N) is 1. The van der Waals surface area contributed by atoms with Gasteiger partial charge in [-0.05, 0) is 18.2 Å². The van der Waals surface area contributed by atoms with Gasteiger partial charge in [-0.1, -0.05) is 38.9 Å². The van der Waals surface area contributed by atoms with Crippen molar-refractivity contribution in [3.63, 3.8) is 0 Å². The second-order valence-corrected chi connectivity index (χ2v) is 5.35. The van der Waals surface area contributed by atoms with Crippen LogP contribution in [0.5, 0.6) is 10.9 Å². The van der Waals surface area contributed by atoms with Crippen molar-refractivity contribution in [2.75, 3.05) is 0 Å². The summed E-state index contributed by atoms with van der Waals surface area (Å²) in [5.74, 6) is -0.445. The SMILES string of the molecule is OCc1sc(Oc2ccc(Br)cc2F)nc1Cl. The highest BCUT2D eigenvalue weighted by Gasteiger charge is 2.12. The normalized spacial score (nSPS) is 10.6. The molecule has 0 radical (unpaired) electrons. The first-order valence-electron chi connectivity index (χ1n) is 4.49. The Morgan fingerprint density at radius 3 is 2.88 bits per heavy atom. The fraction of sp³-hybridized carbons (Fsp3) is 0.100. The van der Waals surface area contributed by atoms with Crippen LogP contribution in [0.3, 0.4) is 0 Å². The Morgan fingerprint density at radius 2 is 2.29 bits per heavy atom. The van der Waals surface area contributed by atoms with Gasteiger partial charge in [-0.15, -0.1) is 0 Å². The van der Waals surface area contributed by atoms with Gasteiger partial charge in [0.25, 0.3) is 5.19 Å². The molecule has 0 spiro atoms. The Morgan fingerprint density at radius 1 is 1.53 bits per heavy atom. The lowest BCUT2D eigenvalue weighted by atomic mass is 10.3. The van der Waals surface area contributed by atoms with Gasteiger partial charge in [0.2, 0.25) is 0 Å². The summed E-state index contributed by atoms with van der Waals surface area (Å²) in [5, 5.41) is 9.30. The highest BCUT2D eigenvalue weighted by atomic mass is 79.9. The number of hydrogen-bond donors (Lipinski definition) is 1. The number of rotatable bonds is 3. The molecule has 7 heteroatoms. The molecule has 0 atom stereocenters. The summed E-state index contributed by atoms with van der Waals surface area (Å²) < 4.78 is 19.3. The number of benzene rings is 1. The number of aliphatic hydroxyl groups excluding tert-OH is 1. The van der Waals surface area contributed by atoms with Crippen LogP contribution in [0.15, 0.2) is 22.7 Å². The van der Waals surface area contributed by atoms with Crippen molar-refractivity contribution in [2.24, 2.45) is 0 Å². The number of ether oxygens (including phenoxy) is 1. The maximum absolute atomic E-state index is 13.5. The van der Waals surface area contributed by atoms with Gasteiger partial charge in [0.05, 0.1) is 11.5 Å². The Hall–Kier alpha value is -0.690. The van der Waals surface area contributed by atoms with Crippen molar-refractivity contribution in [3.05, 3.63) is 38.5 Å². The second-order valence-electron chi connectivity index (χ2n) is 3.03. The van der Waals surface area contributed by atoms with Crippen molar-refractivity contribution in [2.45, 2.75) is 6.61 Å². The first kappa shape index (κ1) is 12.8. The molecule has 1 aromatic carbocycles. The maximum atomic E-state index is 13.5. The number of thiazole rings is 1. The first-order valence-corrected chi connectivity index (χ1v) is 6.48. The molecule has 0 aliphatic rings. The first-order chi connectivity index (χ1) is 8.10. The topological polar surface area (TPSA) is 42.4 Å². The third-order valence-electron chi connectivity index (χ3n) is 1.86. The molecule has 17 heavy (non-hydrogen) atoms. The van der Waals surface area contributed by atoms with E-state index in [0.717, 1.165) is 11.3 Å². The fourth-order valence-electron chi connectivity index (χ4n) is 1.11. The van der Waals surface area contributed by atoms with E-state index < -0.39 is 5.82 Å². The largest absolute Gasteiger partial charge is 0.428 e. The lowest BCUT2D eigenvalue weighted by molar-refractivity contribution is 0.285. The average Bonchev–Trinajstić information content (AvgIpc) is 2.63. The zero-order valence-electron chi connectivity index (χ0n) is 8.28. The van der Waals surface area contributed by atoms with Crippen LogP contribution in [0, 0.1) is 5.82 Å². The zero-order chi connectivity index (χ0) is 12.4. The molecule has 0 fully saturated rings. The summed E-state index contributed by atoms with van der Waals surface area (Å²) in [4.78, 5) is 4.35. The van der Waals surface area contributed by atoms with Crippen molar-refractivity contribution < 1.29 is 14.2 Å². The molecule has 0 saturated heterocycles. The molecular weight excluding hydrogens is 333 g/mol.